The zero-order chi connectivity index (χ0) is 22.3. The van der Waals surface area contributed by atoms with Crippen LogP contribution in [0.3, 0.4) is 0 Å². The molecule has 2 unspecified atom stereocenters. The zero-order valence-corrected chi connectivity index (χ0v) is 18.3. The fourth-order valence-corrected chi connectivity index (χ4v) is 7.05. The van der Waals surface area contributed by atoms with Crippen molar-refractivity contribution in [2.24, 2.45) is 0 Å². The van der Waals surface area contributed by atoms with Gasteiger partial charge in [0.2, 0.25) is 5.91 Å². The molecule has 1 saturated heterocycles. The Morgan fingerprint density at radius 3 is 2.94 bits per heavy atom. The van der Waals surface area contributed by atoms with Gasteiger partial charge in [-0.15, -0.1) is 0 Å². The van der Waals surface area contributed by atoms with Crippen molar-refractivity contribution in [3.05, 3.63) is 53.5 Å². The van der Waals surface area contributed by atoms with Gasteiger partial charge in [-0.3, -0.25) is 4.79 Å². The summed E-state index contributed by atoms with van der Waals surface area (Å²) in [5, 5.41) is 23.2. The number of ether oxygens (including phenoxy) is 1. The van der Waals surface area contributed by atoms with E-state index in [1.807, 2.05) is 6.07 Å². The Kier molecular flexibility index (Phi) is 4.11. The number of aliphatic hydroxyl groups is 1. The highest BCUT2D eigenvalue weighted by atomic mass is 16.5. The second-order valence-electron chi connectivity index (χ2n) is 9.73. The molecule has 6 rings (SSSR count). The molecule has 1 aromatic heterocycles. The standard InChI is InChI=1S/C25H28N2O5/c1-26-11-10-24-20-7-6-18(27(2)21(29)8-3-15-9-12-31-14-15)25(24,30)19(26)13-16-4-5-17(28)23(32-20)22(16)24/h3-5,8-9,12,14,18-20,28,30H,6-7,10-11,13H2,1-2H3/b8-3+/t18?,19-,20?,24-,25-/m1/s1. The van der Waals surface area contributed by atoms with Crippen LogP contribution in [0.15, 0.2) is 41.2 Å². The molecular formula is C25H28N2O5. The molecule has 5 atom stereocenters. The third kappa shape index (κ3) is 2.30. The molecule has 2 aliphatic carbocycles. The van der Waals surface area contributed by atoms with E-state index in [-0.39, 0.29) is 29.8 Å². The van der Waals surface area contributed by atoms with E-state index in [2.05, 4.69) is 11.9 Å². The molecule has 2 N–H and O–H groups in total. The summed E-state index contributed by atoms with van der Waals surface area (Å²) < 4.78 is 11.4. The summed E-state index contributed by atoms with van der Waals surface area (Å²) in [4.78, 5) is 17.1. The van der Waals surface area contributed by atoms with Gasteiger partial charge in [-0.2, -0.15) is 0 Å². The smallest absolute Gasteiger partial charge is 0.246 e. The van der Waals surface area contributed by atoms with Gasteiger partial charge in [0.05, 0.1) is 24.0 Å². The monoisotopic (exact) mass is 436 g/mol. The number of furan rings is 1. The lowest BCUT2D eigenvalue weighted by Gasteiger charge is -2.66. The molecule has 0 radical (unpaired) electrons. The van der Waals surface area contributed by atoms with Crippen LogP contribution in [-0.2, 0) is 16.6 Å². The van der Waals surface area contributed by atoms with Crippen molar-refractivity contribution in [3.63, 3.8) is 0 Å². The molecule has 1 saturated carbocycles. The molecule has 7 heteroatoms. The lowest BCUT2D eigenvalue weighted by Crippen LogP contribution is -2.81. The van der Waals surface area contributed by atoms with Gasteiger partial charge in [0.15, 0.2) is 11.5 Å². The molecule has 7 nitrogen and oxygen atoms in total. The highest BCUT2D eigenvalue weighted by Crippen LogP contribution is 2.65. The number of rotatable bonds is 3. The Morgan fingerprint density at radius 2 is 2.16 bits per heavy atom. The largest absolute Gasteiger partial charge is 0.504 e. The van der Waals surface area contributed by atoms with Gasteiger partial charge < -0.3 is 29.2 Å². The third-order valence-electron chi connectivity index (χ3n) is 8.49. The number of hydrogen-bond donors (Lipinski definition) is 2. The minimum Gasteiger partial charge on any atom is -0.504 e. The molecule has 3 heterocycles. The van der Waals surface area contributed by atoms with Gasteiger partial charge in [0.25, 0.3) is 0 Å². The topological polar surface area (TPSA) is 86.4 Å². The minimum atomic E-state index is -1.18. The Bertz CT molecular complexity index is 1110. The van der Waals surface area contributed by atoms with Crippen molar-refractivity contribution in [2.75, 3.05) is 20.6 Å². The van der Waals surface area contributed by atoms with Crippen LogP contribution in [0.1, 0.15) is 36.0 Å². The average Bonchev–Trinajstić information content (AvgIpc) is 3.41. The van der Waals surface area contributed by atoms with Crippen molar-refractivity contribution in [2.45, 2.75) is 54.9 Å². The number of carbonyl (C=O) groups excluding carboxylic acids is 1. The second kappa shape index (κ2) is 6.62. The van der Waals surface area contributed by atoms with E-state index in [0.717, 1.165) is 36.1 Å². The maximum atomic E-state index is 13.2. The van der Waals surface area contributed by atoms with E-state index in [9.17, 15) is 15.0 Å². The quantitative estimate of drug-likeness (QED) is 0.719. The van der Waals surface area contributed by atoms with E-state index < -0.39 is 11.0 Å². The molecule has 32 heavy (non-hydrogen) atoms. The Morgan fingerprint density at radius 1 is 1.31 bits per heavy atom. The van der Waals surface area contributed by atoms with Crippen LogP contribution in [0.2, 0.25) is 0 Å². The summed E-state index contributed by atoms with van der Waals surface area (Å²) in [6.07, 6.45) is 8.98. The molecule has 1 amide bonds. The third-order valence-corrected chi connectivity index (χ3v) is 8.49. The van der Waals surface area contributed by atoms with E-state index in [0.29, 0.717) is 18.6 Å². The summed E-state index contributed by atoms with van der Waals surface area (Å²) in [6.45, 7) is 0.839. The number of nitrogens with zero attached hydrogens (tertiary/aromatic N) is 2. The van der Waals surface area contributed by atoms with Crippen molar-refractivity contribution >= 4 is 12.0 Å². The first-order valence-electron chi connectivity index (χ1n) is 11.3. The molecule has 2 aliphatic heterocycles. The number of phenols is 1. The van der Waals surface area contributed by atoms with Crippen LogP contribution >= 0.6 is 0 Å². The summed E-state index contributed by atoms with van der Waals surface area (Å²) in [6, 6.07) is 4.97. The number of likely N-dealkylation sites (N-methyl/N-ethyl adjacent to an activating group) is 2. The summed E-state index contributed by atoms with van der Waals surface area (Å²) in [5.74, 6) is 0.515. The number of hydrogen-bond acceptors (Lipinski definition) is 6. The van der Waals surface area contributed by atoms with Crippen LogP contribution in [0.5, 0.6) is 11.5 Å². The normalized spacial score (nSPS) is 34.9. The number of likely N-dealkylation sites (tertiary alicyclic amines) is 1. The first-order chi connectivity index (χ1) is 15.4. The van der Waals surface area contributed by atoms with Gasteiger partial charge in [-0.1, -0.05) is 6.07 Å². The number of carbonyl (C=O) groups is 1. The lowest BCUT2D eigenvalue weighted by molar-refractivity contribution is -0.213. The summed E-state index contributed by atoms with van der Waals surface area (Å²) in [5.41, 5.74) is 1.12. The number of amides is 1. The zero-order valence-electron chi connectivity index (χ0n) is 18.3. The molecular weight excluding hydrogens is 408 g/mol. The number of benzene rings is 1. The van der Waals surface area contributed by atoms with Crippen LogP contribution in [-0.4, -0.2) is 70.3 Å². The van der Waals surface area contributed by atoms with Crippen molar-refractivity contribution in [3.8, 4) is 11.5 Å². The highest BCUT2D eigenvalue weighted by Gasteiger charge is 2.74. The second-order valence-corrected chi connectivity index (χ2v) is 9.73. The minimum absolute atomic E-state index is 0.135. The fourth-order valence-electron chi connectivity index (χ4n) is 7.05. The van der Waals surface area contributed by atoms with E-state index >= 15 is 0 Å². The predicted octanol–water partition coefficient (Wildman–Crippen LogP) is 2.31. The predicted molar refractivity (Wildman–Crippen MR) is 117 cm³/mol. The van der Waals surface area contributed by atoms with Crippen LogP contribution in [0, 0.1) is 0 Å². The van der Waals surface area contributed by atoms with Crippen LogP contribution < -0.4 is 4.74 Å². The molecule has 2 fully saturated rings. The van der Waals surface area contributed by atoms with Gasteiger partial charge in [-0.05, 0) is 63.0 Å². The average molecular weight is 437 g/mol. The molecule has 2 aromatic rings. The van der Waals surface area contributed by atoms with Gasteiger partial charge in [-0.25, -0.2) is 0 Å². The van der Waals surface area contributed by atoms with E-state index in [1.165, 1.54) is 6.08 Å². The molecule has 2 bridgehead atoms. The van der Waals surface area contributed by atoms with Crippen molar-refractivity contribution < 1.29 is 24.2 Å². The van der Waals surface area contributed by atoms with Gasteiger partial charge in [0, 0.05) is 30.3 Å². The van der Waals surface area contributed by atoms with E-state index in [1.54, 1.807) is 42.7 Å². The fraction of sp³-hybridized carbons (Fsp3) is 0.480. The van der Waals surface area contributed by atoms with E-state index in [4.69, 9.17) is 9.15 Å². The van der Waals surface area contributed by atoms with Crippen LogP contribution in [0.4, 0.5) is 0 Å². The Balaban J connectivity index is 1.45. The molecule has 4 aliphatic rings. The number of piperidine rings is 1. The first kappa shape index (κ1) is 19.9. The SMILES string of the molecule is CN(C(=O)/C=C/c1ccoc1)C1CCC2Oc3c(O)ccc4c3[C@@]23CCN(C)[C@H](C4)[C@]13O. The lowest BCUT2D eigenvalue weighted by atomic mass is 9.47. The summed E-state index contributed by atoms with van der Waals surface area (Å²) >= 11 is 0. The number of aromatic hydroxyl groups is 1. The Labute approximate surface area is 186 Å². The van der Waals surface area contributed by atoms with Crippen molar-refractivity contribution in [1.29, 1.82) is 0 Å². The van der Waals surface area contributed by atoms with Gasteiger partial charge >= 0.3 is 0 Å². The maximum absolute atomic E-state index is 13.2. The molecule has 1 aromatic carbocycles. The van der Waals surface area contributed by atoms with Crippen LogP contribution in [0.25, 0.3) is 6.08 Å². The Hall–Kier alpha value is -2.77. The first-order valence-corrected chi connectivity index (χ1v) is 11.3. The highest BCUT2D eigenvalue weighted by molar-refractivity contribution is 5.92. The van der Waals surface area contributed by atoms with Crippen molar-refractivity contribution in [1.82, 2.24) is 9.80 Å². The molecule has 1 spiro atoms. The van der Waals surface area contributed by atoms with Gasteiger partial charge in [0.1, 0.15) is 11.7 Å². The maximum Gasteiger partial charge on any atom is 0.246 e. The number of phenolic OH excluding ortho intramolecular Hbond substituents is 1. The molecule has 168 valence electrons. The summed E-state index contributed by atoms with van der Waals surface area (Å²) in [7, 11) is 3.84.